The Morgan fingerprint density at radius 2 is 1.38 bits per heavy atom. The maximum absolute atomic E-state index is 11.3. The number of hydrogen-bond donors (Lipinski definition) is 2. The molecule has 0 heterocycles. The van der Waals surface area contributed by atoms with Crippen LogP contribution in [0.2, 0.25) is 0 Å². The van der Waals surface area contributed by atoms with Gasteiger partial charge >= 0.3 is 5.97 Å². The summed E-state index contributed by atoms with van der Waals surface area (Å²) in [4.78, 5) is 11.3. The topological polar surface area (TPSA) is 66.8 Å². The number of methoxy groups -OCH3 is 1. The van der Waals surface area contributed by atoms with Gasteiger partial charge in [0.1, 0.15) is 0 Å². The van der Waals surface area contributed by atoms with Gasteiger partial charge in [-0.2, -0.15) is 0 Å². The molecule has 4 nitrogen and oxygen atoms in total. The maximum Gasteiger partial charge on any atom is 0.336 e. The largest absolute Gasteiger partial charge is 0.479 e. The molecular weight excluding hydrogens is 279 g/mol. The maximum atomic E-state index is 11.3. The van der Waals surface area contributed by atoms with E-state index in [-0.39, 0.29) is 29.6 Å². The van der Waals surface area contributed by atoms with Gasteiger partial charge < -0.3 is 14.9 Å². The fraction of sp³-hybridized carbons (Fsp3) is 0.188. The number of carboxylic acids is 1. The van der Waals surface area contributed by atoms with Crippen LogP contribution in [0.1, 0.15) is 11.1 Å². The normalized spacial score (nSPS) is 12.3. The number of carbonyl (C=O) groups is 1. The Morgan fingerprint density at radius 1 is 1.00 bits per heavy atom. The first-order valence-electron chi connectivity index (χ1n) is 6.20. The Labute approximate surface area is 145 Å². The number of ether oxygens (including phenoxy) is 1. The van der Waals surface area contributed by atoms with Gasteiger partial charge in [0.2, 0.25) is 0 Å². The summed E-state index contributed by atoms with van der Waals surface area (Å²) >= 11 is 0. The molecule has 1 radical (unpaired) electrons. The minimum absolute atomic E-state index is 0. The van der Waals surface area contributed by atoms with Gasteiger partial charge in [-0.1, -0.05) is 60.7 Å². The first-order chi connectivity index (χ1) is 9.63. The van der Waals surface area contributed by atoms with Gasteiger partial charge in [-0.05, 0) is 11.1 Å². The van der Waals surface area contributed by atoms with Crippen LogP contribution < -0.4 is 0 Å². The van der Waals surface area contributed by atoms with Crippen LogP contribution in [0.25, 0.3) is 0 Å². The van der Waals surface area contributed by atoms with E-state index in [4.69, 9.17) is 4.74 Å². The molecule has 2 rings (SSSR count). The molecule has 21 heavy (non-hydrogen) atoms. The van der Waals surface area contributed by atoms with Crippen molar-refractivity contribution in [3.05, 3.63) is 71.8 Å². The van der Waals surface area contributed by atoms with Crippen LogP contribution in [0.4, 0.5) is 0 Å². The number of aliphatic hydroxyl groups excluding tert-OH is 1. The summed E-state index contributed by atoms with van der Waals surface area (Å²) in [6, 6.07) is 17.7. The van der Waals surface area contributed by atoms with Crippen LogP contribution in [-0.4, -0.2) is 59.0 Å². The average molecular weight is 295 g/mol. The predicted molar refractivity (Wildman–Crippen MR) is 80.1 cm³/mol. The second-order valence-corrected chi connectivity index (χ2v) is 4.41. The number of aliphatic hydroxyl groups is 1. The summed E-state index contributed by atoms with van der Waals surface area (Å²) < 4.78 is 5.50. The molecule has 0 spiro atoms. The van der Waals surface area contributed by atoms with E-state index in [1.54, 1.807) is 48.5 Å². The van der Waals surface area contributed by atoms with Crippen LogP contribution >= 0.6 is 0 Å². The summed E-state index contributed by atoms with van der Waals surface area (Å²) in [5, 5.41) is 19.5. The van der Waals surface area contributed by atoms with Gasteiger partial charge in [-0.25, -0.2) is 4.79 Å². The van der Waals surface area contributed by atoms with Gasteiger partial charge in [0.25, 0.3) is 0 Å². The molecule has 0 aliphatic carbocycles. The smallest absolute Gasteiger partial charge is 0.336 e. The van der Waals surface area contributed by atoms with Gasteiger partial charge in [0.05, 0.1) is 0 Å². The van der Waals surface area contributed by atoms with E-state index in [1.807, 2.05) is 12.1 Å². The van der Waals surface area contributed by atoms with Crippen molar-refractivity contribution in [2.75, 3.05) is 7.11 Å². The van der Waals surface area contributed by atoms with Crippen LogP contribution in [0, 0.1) is 0 Å². The molecule has 0 amide bonds. The molecule has 0 saturated heterocycles. The number of hydrogen-bond acceptors (Lipinski definition) is 3. The molecule has 105 valence electrons. The third-order valence-corrected chi connectivity index (χ3v) is 3.35. The molecule has 0 saturated carbocycles. The standard InChI is InChI=1S/C16H16O4.Na/c1-20-16(14(17)15(18)19,12-8-4-2-5-9-12)13-10-6-3-7-11-13;/h2-11,14,17H,1H3,(H,18,19);. The van der Waals surface area contributed by atoms with E-state index >= 15 is 0 Å². The monoisotopic (exact) mass is 295 g/mol. The molecule has 2 aromatic carbocycles. The van der Waals surface area contributed by atoms with Crippen molar-refractivity contribution in [2.45, 2.75) is 11.7 Å². The molecular formula is C16H16NaO4. The van der Waals surface area contributed by atoms with Crippen LogP contribution in [-0.2, 0) is 15.1 Å². The summed E-state index contributed by atoms with van der Waals surface area (Å²) in [5.41, 5.74) is -0.263. The van der Waals surface area contributed by atoms with E-state index in [0.29, 0.717) is 11.1 Å². The molecule has 0 fully saturated rings. The molecule has 0 aliphatic heterocycles. The van der Waals surface area contributed by atoms with E-state index in [1.165, 1.54) is 7.11 Å². The molecule has 0 aromatic heterocycles. The minimum Gasteiger partial charge on any atom is -0.479 e. The Morgan fingerprint density at radius 3 is 1.67 bits per heavy atom. The average Bonchev–Trinajstić information content (AvgIpc) is 2.50. The van der Waals surface area contributed by atoms with Crippen molar-refractivity contribution in [2.24, 2.45) is 0 Å². The van der Waals surface area contributed by atoms with Gasteiger partial charge in [0, 0.05) is 36.7 Å². The van der Waals surface area contributed by atoms with Crippen molar-refractivity contribution < 1.29 is 19.7 Å². The Hall–Kier alpha value is -1.17. The van der Waals surface area contributed by atoms with Crippen molar-refractivity contribution >= 4 is 35.5 Å². The van der Waals surface area contributed by atoms with Crippen molar-refractivity contribution in [1.82, 2.24) is 0 Å². The number of aliphatic carboxylic acids is 1. The summed E-state index contributed by atoms with van der Waals surface area (Å²) in [5.74, 6) is -1.33. The van der Waals surface area contributed by atoms with Crippen LogP contribution in [0.15, 0.2) is 60.7 Å². The van der Waals surface area contributed by atoms with Crippen LogP contribution in [0.3, 0.4) is 0 Å². The fourth-order valence-electron chi connectivity index (χ4n) is 2.38. The SMILES string of the molecule is COC(c1ccccc1)(c1ccccc1)C(O)C(=O)O.[Na]. The Kier molecular flexibility index (Phi) is 6.58. The first-order valence-corrected chi connectivity index (χ1v) is 6.20. The zero-order chi connectivity index (χ0) is 14.6. The molecule has 0 aliphatic rings. The zero-order valence-electron chi connectivity index (χ0n) is 12.1. The Bertz CT molecular complexity index is 532. The van der Waals surface area contributed by atoms with Crippen molar-refractivity contribution in [3.63, 3.8) is 0 Å². The molecule has 5 heteroatoms. The quantitative estimate of drug-likeness (QED) is 0.823. The molecule has 2 N–H and O–H groups in total. The van der Waals surface area contributed by atoms with Gasteiger partial charge in [-0.15, -0.1) is 0 Å². The van der Waals surface area contributed by atoms with Gasteiger partial charge in [0.15, 0.2) is 11.7 Å². The molecule has 0 bridgehead atoms. The second-order valence-electron chi connectivity index (χ2n) is 4.41. The number of rotatable bonds is 5. The molecule has 1 atom stereocenters. The zero-order valence-corrected chi connectivity index (χ0v) is 14.1. The second kappa shape index (κ2) is 7.73. The fourth-order valence-corrected chi connectivity index (χ4v) is 2.38. The third-order valence-electron chi connectivity index (χ3n) is 3.35. The van der Waals surface area contributed by atoms with Crippen molar-refractivity contribution in [3.8, 4) is 0 Å². The summed E-state index contributed by atoms with van der Waals surface area (Å²) in [7, 11) is 1.40. The predicted octanol–water partition coefficient (Wildman–Crippen LogP) is 1.64. The molecule has 1 unspecified atom stereocenters. The Balaban J connectivity index is 0.00000220. The third kappa shape index (κ3) is 3.36. The summed E-state index contributed by atoms with van der Waals surface area (Å²) in [6.07, 6.45) is -1.71. The van der Waals surface area contributed by atoms with E-state index in [2.05, 4.69) is 0 Å². The first kappa shape index (κ1) is 17.9. The number of carboxylic acid groups (broad SMARTS) is 1. The van der Waals surface area contributed by atoms with E-state index in [0.717, 1.165) is 0 Å². The number of benzene rings is 2. The van der Waals surface area contributed by atoms with Gasteiger partial charge in [-0.3, -0.25) is 0 Å². The van der Waals surface area contributed by atoms with E-state index in [9.17, 15) is 15.0 Å². The minimum atomic E-state index is -1.71. The summed E-state index contributed by atoms with van der Waals surface area (Å²) in [6.45, 7) is 0. The van der Waals surface area contributed by atoms with E-state index < -0.39 is 17.7 Å². The molecule has 2 aromatic rings. The van der Waals surface area contributed by atoms with Crippen LogP contribution in [0.5, 0.6) is 0 Å². The van der Waals surface area contributed by atoms with Crippen molar-refractivity contribution in [1.29, 1.82) is 0 Å².